The quantitative estimate of drug-likeness (QED) is 0.573. The van der Waals surface area contributed by atoms with Gasteiger partial charge < -0.3 is 9.84 Å². The molecule has 0 aliphatic carbocycles. The molecule has 1 N–H and O–H groups in total. The van der Waals surface area contributed by atoms with E-state index in [2.05, 4.69) is 36.8 Å². The Morgan fingerprint density at radius 2 is 2.00 bits per heavy atom. The van der Waals surface area contributed by atoms with E-state index < -0.39 is 6.10 Å². The van der Waals surface area contributed by atoms with Gasteiger partial charge in [-0.3, -0.25) is 4.90 Å². The molecule has 0 aliphatic heterocycles. The van der Waals surface area contributed by atoms with Gasteiger partial charge in [0.05, 0.1) is 12.7 Å². The number of benzene rings is 1. The fraction of sp³-hybridized carbons (Fsp3) is 0.500. The first kappa shape index (κ1) is 15.7. The average Bonchev–Trinajstić information content (AvgIpc) is 2.39. The van der Waals surface area contributed by atoms with Crippen molar-refractivity contribution in [3.05, 3.63) is 35.9 Å². The van der Waals surface area contributed by atoms with Gasteiger partial charge in [0.25, 0.3) is 0 Å². The van der Waals surface area contributed by atoms with Crippen LogP contribution in [0.25, 0.3) is 0 Å². The molecule has 0 radical (unpaired) electrons. The molecular weight excluding hydrogens is 238 g/mol. The van der Waals surface area contributed by atoms with Gasteiger partial charge in [0, 0.05) is 19.1 Å². The van der Waals surface area contributed by atoms with Crippen LogP contribution in [0.1, 0.15) is 19.4 Å². The van der Waals surface area contributed by atoms with Crippen LogP contribution in [0.2, 0.25) is 0 Å². The molecule has 0 saturated carbocycles. The van der Waals surface area contributed by atoms with Crippen molar-refractivity contribution >= 4 is 0 Å². The molecule has 0 spiro atoms. The number of rotatable bonds is 8. The van der Waals surface area contributed by atoms with E-state index in [-0.39, 0.29) is 13.2 Å². The number of aliphatic hydroxyl groups excluding tert-OH is 1. The molecule has 0 aliphatic rings. The van der Waals surface area contributed by atoms with Crippen LogP contribution in [-0.2, 0) is 11.3 Å². The summed E-state index contributed by atoms with van der Waals surface area (Å²) in [5.41, 5.74) is 1.24. The Labute approximate surface area is 116 Å². The molecule has 1 aromatic rings. The molecule has 104 valence electrons. The van der Waals surface area contributed by atoms with Gasteiger partial charge >= 0.3 is 0 Å². The molecule has 0 heterocycles. The smallest absolute Gasteiger partial charge is 0.107 e. The van der Waals surface area contributed by atoms with Gasteiger partial charge in [-0.15, -0.1) is 6.42 Å². The molecule has 0 unspecified atom stereocenters. The molecule has 0 aromatic heterocycles. The third-order valence-electron chi connectivity index (χ3n) is 2.90. The van der Waals surface area contributed by atoms with E-state index in [1.165, 1.54) is 5.56 Å². The zero-order valence-corrected chi connectivity index (χ0v) is 11.7. The summed E-state index contributed by atoms with van der Waals surface area (Å²) in [6.45, 7) is 6.18. The van der Waals surface area contributed by atoms with E-state index in [0.29, 0.717) is 12.6 Å². The van der Waals surface area contributed by atoms with E-state index >= 15 is 0 Å². The van der Waals surface area contributed by atoms with Gasteiger partial charge in [0.15, 0.2) is 0 Å². The monoisotopic (exact) mass is 261 g/mol. The maximum atomic E-state index is 9.94. The van der Waals surface area contributed by atoms with E-state index in [0.717, 1.165) is 6.54 Å². The zero-order valence-electron chi connectivity index (χ0n) is 11.7. The van der Waals surface area contributed by atoms with Crippen LogP contribution in [0.5, 0.6) is 0 Å². The summed E-state index contributed by atoms with van der Waals surface area (Å²) in [6, 6.07) is 10.6. The molecule has 0 saturated heterocycles. The maximum Gasteiger partial charge on any atom is 0.107 e. The van der Waals surface area contributed by atoms with Crippen molar-refractivity contribution in [3.8, 4) is 12.3 Å². The number of hydrogen-bond acceptors (Lipinski definition) is 3. The first-order valence-corrected chi connectivity index (χ1v) is 6.60. The summed E-state index contributed by atoms with van der Waals surface area (Å²) in [5, 5.41) is 9.94. The standard InChI is InChI=1S/C16H23NO2/c1-4-10-19-13-16(18)12-17(14(2)3)11-15-8-6-5-7-9-15/h1,5-9,14,16,18H,10-13H2,2-3H3/t16-/m0/s1. The molecule has 3 nitrogen and oxygen atoms in total. The van der Waals surface area contributed by atoms with E-state index in [1.54, 1.807) is 0 Å². The Morgan fingerprint density at radius 3 is 2.58 bits per heavy atom. The third kappa shape index (κ3) is 6.40. The average molecular weight is 261 g/mol. The minimum Gasteiger partial charge on any atom is -0.389 e. The van der Waals surface area contributed by atoms with Gasteiger partial charge in [0.2, 0.25) is 0 Å². The maximum absolute atomic E-state index is 9.94. The molecule has 0 fully saturated rings. The van der Waals surface area contributed by atoms with Crippen LogP contribution in [-0.4, -0.2) is 41.9 Å². The summed E-state index contributed by atoms with van der Waals surface area (Å²) in [7, 11) is 0. The van der Waals surface area contributed by atoms with Crippen LogP contribution in [0.15, 0.2) is 30.3 Å². The second kappa shape index (κ2) is 8.71. The summed E-state index contributed by atoms with van der Waals surface area (Å²) < 4.78 is 5.16. The fourth-order valence-corrected chi connectivity index (χ4v) is 1.85. The lowest BCUT2D eigenvalue weighted by molar-refractivity contribution is 0.0192. The molecule has 1 aromatic carbocycles. The highest BCUT2D eigenvalue weighted by atomic mass is 16.5. The Morgan fingerprint density at radius 1 is 1.32 bits per heavy atom. The summed E-state index contributed by atoms with van der Waals surface area (Å²) in [5.74, 6) is 2.39. The van der Waals surface area contributed by atoms with Gasteiger partial charge in [-0.2, -0.15) is 0 Å². The lowest BCUT2D eigenvalue weighted by Gasteiger charge is -2.28. The van der Waals surface area contributed by atoms with Crippen molar-refractivity contribution in [2.24, 2.45) is 0 Å². The van der Waals surface area contributed by atoms with Crippen molar-refractivity contribution < 1.29 is 9.84 Å². The van der Waals surface area contributed by atoms with Crippen LogP contribution < -0.4 is 0 Å². The van der Waals surface area contributed by atoms with E-state index in [1.807, 2.05) is 18.2 Å². The van der Waals surface area contributed by atoms with Crippen molar-refractivity contribution in [3.63, 3.8) is 0 Å². The highest BCUT2D eigenvalue weighted by Gasteiger charge is 2.15. The Kier molecular flexibility index (Phi) is 7.20. The predicted octanol–water partition coefficient (Wildman–Crippen LogP) is 1.91. The summed E-state index contributed by atoms with van der Waals surface area (Å²) >= 11 is 0. The molecule has 0 amide bonds. The summed E-state index contributed by atoms with van der Waals surface area (Å²) in [4.78, 5) is 2.22. The van der Waals surface area contributed by atoms with Crippen molar-refractivity contribution in [2.45, 2.75) is 32.5 Å². The second-order valence-electron chi connectivity index (χ2n) is 4.88. The molecular formula is C16H23NO2. The molecule has 3 heteroatoms. The van der Waals surface area contributed by atoms with Gasteiger partial charge in [-0.1, -0.05) is 36.3 Å². The van der Waals surface area contributed by atoms with Crippen LogP contribution in [0.3, 0.4) is 0 Å². The molecule has 1 rings (SSSR count). The van der Waals surface area contributed by atoms with Crippen molar-refractivity contribution in [1.82, 2.24) is 4.90 Å². The van der Waals surface area contributed by atoms with Crippen molar-refractivity contribution in [1.29, 1.82) is 0 Å². The fourth-order valence-electron chi connectivity index (χ4n) is 1.85. The number of nitrogens with zero attached hydrogens (tertiary/aromatic N) is 1. The lowest BCUT2D eigenvalue weighted by atomic mass is 10.1. The molecule has 19 heavy (non-hydrogen) atoms. The minimum absolute atomic E-state index is 0.247. The molecule has 0 bridgehead atoms. The topological polar surface area (TPSA) is 32.7 Å². The largest absolute Gasteiger partial charge is 0.389 e. The number of ether oxygens (including phenoxy) is 1. The van der Waals surface area contributed by atoms with Crippen LogP contribution in [0.4, 0.5) is 0 Å². The predicted molar refractivity (Wildman–Crippen MR) is 77.6 cm³/mol. The minimum atomic E-state index is -0.514. The number of aliphatic hydroxyl groups is 1. The lowest BCUT2D eigenvalue weighted by Crippen LogP contribution is -2.38. The first-order chi connectivity index (χ1) is 9.13. The Balaban J connectivity index is 2.47. The van der Waals surface area contributed by atoms with Crippen LogP contribution in [0, 0.1) is 12.3 Å². The summed E-state index contributed by atoms with van der Waals surface area (Å²) in [6.07, 6.45) is 4.58. The number of terminal acetylenes is 1. The van der Waals surface area contributed by atoms with E-state index in [9.17, 15) is 5.11 Å². The first-order valence-electron chi connectivity index (χ1n) is 6.60. The zero-order chi connectivity index (χ0) is 14.1. The van der Waals surface area contributed by atoms with Gasteiger partial charge in [-0.25, -0.2) is 0 Å². The SMILES string of the molecule is C#CCOC[C@@H](O)CN(Cc1ccccc1)C(C)C. The van der Waals surface area contributed by atoms with Crippen molar-refractivity contribution in [2.75, 3.05) is 19.8 Å². The Bertz CT molecular complexity index is 383. The normalized spacial score (nSPS) is 12.6. The molecule has 1 atom stereocenters. The second-order valence-corrected chi connectivity index (χ2v) is 4.88. The third-order valence-corrected chi connectivity index (χ3v) is 2.90. The van der Waals surface area contributed by atoms with E-state index in [4.69, 9.17) is 11.2 Å². The van der Waals surface area contributed by atoms with Crippen LogP contribution >= 0.6 is 0 Å². The number of hydrogen-bond donors (Lipinski definition) is 1. The Hall–Kier alpha value is -1.34. The highest BCUT2D eigenvalue weighted by Crippen LogP contribution is 2.09. The van der Waals surface area contributed by atoms with Gasteiger partial charge in [-0.05, 0) is 19.4 Å². The highest BCUT2D eigenvalue weighted by molar-refractivity contribution is 5.14. The van der Waals surface area contributed by atoms with Gasteiger partial charge in [0.1, 0.15) is 6.61 Å².